The predicted octanol–water partition coefficient (Wildman–Crippen LogP) is 2.59. The van der Waals surface area contributed by atoms with Gasteiger partial charge in [-0.1, -0.05) is 19.1 Å². The fraction of sp³-hybridized carbons (Fsp3) is 0.353. The lowest BCUT2D eigenvalue weighted by molar-refractivity contribution is -0.139. The lowest BCUT2D eigenvalue weighted by Gasteiger charge is -2.14. The van der Waals surface area contributed by atoms with E-state index in [1.807, 2.05) is 19.2 Å². The highest BCUT2D eigenvalue weighted by molar-refractivity contribution is 7.09. The number of benzene rings is 1. The van der Waals surface area contributed by atoms with Gasteiger partial charge in [-0.2, -0.15) is 0 Å². The first kappa shape index (κ1) is 17.9. The van der Waals surface area contributed by atoms with Crippen molar-refractivity contribution >= 4 is 23.2 Å². The molecule has 1 amide bonds. The van der Waals surface area contributed by atoms with Crippen LogP contribution in [0.5, 0.6) is 5.75 Å². The second-order valence-electron chi connectivity index (χ2n) is 5.30. The molecule has 0 spiro atoms. The Hall–Kier alpha value is -2.41. The smallest absolute Gasteiger partial charge is 0.341 e. The Balaban J connectivity index is 1.87. The number of carboxylic acids is 1. The quantitative estimate of drug-likeness (QED) is 0.765. The first-order valence-electron chi connectivity index (χ1n) is 7.65. The van der Waals surface area contributed by atoms with Gasteiger partial charge in [0.15, 0.2) is 6.61 Å². The van der Waals surface area contributed by atoms with Crippen molar-refractivity contribution in [3.63, 3.8) is 0 Å². The molecule has 0 bridgehead atoms. The number of aryl methyl sites for hydroxylation is 1. The average Bonchev–Trinajstić information content (AvgIpc) is 3.00. The monoisotopic (exact) mass is 348 g/mol. The second-order valence-corrected chi connectivity index (χ2v) is 6.25. The molecule has 2 rings (SSSR count). The number of nitrogens with one attached hydrogen (secondary N) is 1. The highest BCUT2D eigenvalue weighted by Gasteiger charge is 2.12. The van der Waals surface area contributed by atoms with Gasteiger partial charge in [0.1, 0.15) is 5.75 Å². The molecule has 1 aromatic heterocycles. The molecular formula is C17H20N2O4S. The number of ether oxygens (including phenoxy) is 1. The average molecular weight is 348 g/mol. The Morgan fingerprint density at radius 2 is 2.04 bits per heavy atom. The summed E-state index contributed by atoms with van der Waals surface area (Å²) in [6.45, 7) is 3.55. The standard InChI is InChI=1S/C17H20N2O4S/c1-3-16-19-13(10-24-16)8-15(20)18-11(2)12-4-6-14(7-5-12)23-9-17(21)22/h4-7,10-11H,3,8-9H2,1-2H3,(H,18,20)(H,21,22). The highest BCUT2D eigenvalue weighted by Crippen LogP contribution is 2.18. The molecule has 0 fully saturated rings. The third-order valence-corrected chi connectivity index (χ3v) is 4.41. The zero-order chi connectivity index (χ0) is 17.5. The molecule has 0 aliphatic heterocycles. The summed E-state index contributed by atoms with van der Waals surface area (Å²) in [6.07, 6.45) is 1.14. The van der Waals surface area contributed by atoms with E-state index < -0.39 is 5.97 Å². The van der Waals surface area contributed by atoms with Crippen LogP contribution in [0.3, 0.4) is 0 Å². The number of rotatable bonds is 8. The molecule has 128 valence electrons. The Bertz CT molecular complexity index is 697. The Kier molecular flexibility index (Phi) is 6.31. The molecule has 1 aromatic carbocycles. The molecule has 1 atom stereocenters. The second kappa shape index (κ2) is 8.44. The molecule has 0 saturated heterocycles. The molecule has 0 radical (unpaired) electrons. The van der Waals surface area contributed by atoms with E-state index in [0.717, 1.165) is 22.7 Å². The fourth-order valence-corrected chi connectivity index (χ4v) is 2.88. The number of hydrogen-bond acceptors (Lipinski definition) is 5. The van der Waals surface area contributed by atoms with Crippen LogP contribution in [0.1, 0.15) is 36.2 Å². The van der Waals surface area contributed by atoms with Gasteiger partial charge in [0.25, 0.3) is 0 Å². The minimum Gasteiger partial charge on any atom is -0.482 e. The largest absolute Gasteiger partial charge is 0.482 e. The minimum atomic E-state index is -1.02. The Morgan fingerprint density at radius 3 is 2.62 bits per heavy atom. The number of carboxylic acid groups (broad SMARTS) is 1. The number of carbonyl (C=O) groups excluding carboxylic acids is 1. The van der Waals surface area contributed by atoms with Crippen LogP contribution in [-0.4, -0.2) is 28.6 Å². The molecule has 1 heterocycles. The summed E-state index contributed by atoms with van der Waals surface area (Å²) < 4.78 is 5.08. The van der Waals surface area contributed by atoms with Crippen molar-refractivity contribution in [3.8, 4) is 5.75 Å². The van der Waals surface area contributed by atoms with E-state index in [-0.39, 0.29) is 25.0 Å². The third kappa shape index (κ3) is 5.34. The zero-order valence-electron chi connectivity index (χ0n) is 13.6. The van der Waals surface area contributed by atoms with Crippen molar-refractivity contribution in [2.24, 2.45) is 0 Å². The Labute approximate surface area is 144 Å². The van der Waals surface area contributed by atoms with E-state index in [2.05, 4.69) is 10.3 Å². The first-order chi connectivity index (χ1) is 11.5. The van der Waals surface area contributed by atoms with Gasteiger partial charge in [-0.25, -0.2) is 9.78 Å². The van der Waals surface area contributed by atoms with Crippen molar-refractivity contribution in [3.05, 3.63) is 45.9 Å². The number of carbonyl (C=O) groups is 2. The van der Waals surface area contributed by atoms with E-state index in [1.54, 1.807) is 35.6 Å². The van der Waals surface area contributed by atoms with E-state index in [1.165, 1.54) is 0 Å². The predicted molar refractivity (Wildman–Crippen MR) is 91.3 cm³/mol. The van der Waals surface area contributed by atoms with Crippen molar-refractivity contribution in [2.45, 2.75) is 32.7 Å². The van der Waals surface area contributed by atoms with Crippen LogP contribution in [-0.2, 0) is 22.4 Å². The van der Waals surface area contributed by atoms with Gasteiger partial charge in [-0.05, 0) is 31.0 Å². The Morgan fingerprint density at radius 1 is 1.33 bits per heavy atom. The van der Waals surface area contributed by atoms with E-state index >= 15 is 0 Å². The number of aliphatic carboxylic acids is 1. The topological polar surface area (TPSA) is 88.5 Å². The fourth-order valence-electron chi connectivity index (χ4n) is 2.13. The molecule has 1 unspecified atom stereocenters. The van der Waals surface area contributed by atoms with Crippen LogP contribution in [0.4, 0.5) is 0 Å². The summed E-state index contributed by atoms with van der Waals surface area (Å²) in [5.74, 6) is -0.621. The first-order valence-corrected chi connectivity index (χ1v) is 8.53. The normalized spacial score (nSPS) is 11.8. The molecule has 0 aliphatic carbocycles. The van der Waals surface area contributed by atoms with Crippen LogP contribution in [0.2, 0.25) is 0 Å². The molecule has 0 saturated carbocycles. The van der Waals surface area contributed by atoms with Crippen LogP contribution in [0, 0.1) is 0 Å². The van der Waals surface area contributed by atoms with Gasteiger partial charge in [-0.3, -0.25) is 4.79 Å². The molecule has 2 aromatic rings. The summed E-state index contributed by atoms with van der Waals surface area (Å²) in [5.41, 5.74) is 1.71. The lowest BCUT2D eigenvalue weighted by atomic mass is 10.1. The zero-order valence-corrected chi connectivity index (χ0v) is 14.4. The maximum atomic E-state index is 12.1. The molecule has 2 N–H and O–H groups in total. The SMILES string of the molecule is CCc1nc(CC(=O)NC(C)c2ccc(OCC(=O)O)cc2)cs1. The summed E-state index contributed by atoms with van der Waals surface area (Å²) in [6, 6.07) is 6.83. The van der Waals surface area contributed by atoms with Gasteiger partial charge in [-0.15, -0.1) is 11.3 Å². The van der Waals surface area contributed by atoms with Gasteiger partial charge in [0.05, 0.1) is 23.2 Å². The van der Waals surface area contributed by atoms with Crippen LogP contribution in [0.25, 0.3) is 0 Å². The summed E-state index contributed by atoms with van der Waals surface area (Å²) in [7, 11) is 0. The van der Waals surface area contributed by atoms with Crippen molar-refractivity contribution in [1.29, 1.82) is 0 Å². The maximum Gasteiger partial charge on any atom is 0.341 e. The molecule has 24 heavy (non-hydrogen) atoms. The van der Waals surface area contributed by atoms with Crippen molar-refractivity contribution in [1.82, 2.24) is 10.3 Å². The summed E-state index contributed by atoms with van der Waals surface area (Å²) in [4.78, 5) is 27.0. The van der Waals surface area contributed by atoms with E-state index in [0.29, 0.717) is 5.75 Å². The maximum absolute atomic E-state index is 12.1. The van der Waals surface area contributed by atoms with Gasteiger partial charge in [0.2, 0.25) is 5.91 Å². The van der Waals surface area contributed by atoms with Gasteiger partial charge >= 0.3 is 5.97 Å². The molecule has 6 nitrogen and oxygen atoms in total. The van der Waals surface area contributed by atoms with Gasteiger partial charge in [0, 0.05) is 5.38 Å². The number of amides is 1. The van der Waals surface area contributed by atoms with Gasteiger partial charge < -0.3 is 15.2 Å². The molecule has 7 heteroatoms. The summed E-state index contributed by atoms with van der Waals surface area (Å²) >= 11 is 1.57. The highest BCUT2D eigenvalue weighted by atomic mass is 32.1. The van der Waals surface area contributed by atoms with Crippen molar-refractivity contribution < 1.29 is 19.4 Å². The number of thiazole rings is 1. The minimum absolute atomic E-state index is 0.0818. The molecular weight excluding hydrogens is 328 g/mol. The lowest BCUT2D eigenvalue weighted by Crippen LogP contribution is -2.28. The van der Waals surface area contributed by atoms with Crippen LogP contribution >= 0.6 is 11.3 Å². The molecule has 0 aliphatic rings. The van der Waals surface area contributed by atoms with E-state index in [4.69, 9.17) is 9.84 Å². The van der Waals surface area contributed by atoms with Crippen LogP contribution < -0.4 is 10.1 Å². The van der Waals surface area contributed by atoms with Crippen molar-refractivity contribution in [2.75, 3.05) is 6.61 Å². The number of hydrogen-bond donors (Lipinski definition) is 2. The van der Waals surface area contributed by atoms with E-state index in [9.17, 15) is 9.59 Å². The number of nitrogens with zero attached hydrogens (tertiary/aromatic N) is 1. The van der Waals surface area contributed by atoms with Crippen LogP contribution in [0.15, 0.2) is 29.6 Å². The number of aromatic nitrogens is 1. The third-order valence-electron chi connectivity index (χ3n) is 3.36. The summed E-state index contributed by atoms with van der Waals surface area (Å²) in [5, 5.41) is 14.5.